The zero-order chi connectivity index (χ0) is 33.4. The van der Waals surface area contributed by atoms with Crippen molar-refractivity contribution in [3.63, 3.8) is 0 Å². The molecule has 3 fully saturated rings. The summed E-state index contributed by atoms with van der Waals surface area (Å²) in [6, 6.07) is 19.6. The van der Waals surface area contributed by atoms with Gasteiger partial charge in [-0.3, -0.25) is 33.8 Å². The number of benzene rings is 3. The van der Waals surface area contributed by atoms with E-state index in [9.17, 15) is 29.1 Å². The molecule has 9 nitrogen and oxygen atoms in total. The van der Waals surface area contributed by atoms with Gasteiger partial charge in [-0.1, -0.05) is 64.0 Å². The van der Waals surface area contributed by atoms with Crippen molar-refractivity contribution in [3.05, 3.63) is 101 Å². The molecule has 4 amide bonds. The maximum absolute atomic E-state index is 14.3. The lowest BCUT2D eigenvalue weighted by atomic mass is 9.56. The quantitative estimate of drug-likeness (QED) is 0.116. The number of imide groups is 2. The number of ether oxygens (including phenoxy) is 1. The van der Waals surface area contributed by atoms with Gasteiger partial charge in [0.2, 0.25) is 11.8 Å². The minimum atomic E-state index is -1.97. The van der Waals surface area contributed by atoms with Gasteiger partial charge < -0.3 is 9.84 Å². The van der Waals surface area contributed by atoms with Crippen molar-refractivity contribution in [2.45, 2.75) is 28.5 Å². The molecule has 0 unspecified atom stereocenters. The van der Waals surface area contributed by atoms with E-state index in [0.717, 1.165) is 9.80 Å². The van der Waals surface area contributed by atoms with Gasteiger partial charge in [-0.05, 0) is 60.7 Å². The molecule has 0 aromatic heterocycles. The number of methoxy groups -OCH3 is 1. The first-order chi connectivity index (χ1) is 22.5. The van der Waals surface area contributed by atoms with E-state index in [0.29, 0.717) is 28.0 Å². The minimum Gasteiger partial charge on any atom is -0.504 e. The number of phenols is 1. The van der Waals surface area contributed by atoms with E-state index in [2.05, 4.69) is 15.9 Å². The summed E-state index contributed by atoms with van der Waals surface area (Å²) in [7, 11) is 1.38. The molecule has 7 rings (SSSR count). The molecule has 3 aromatic carbocycles. The fourth-order valence-corrected chi connectivity index (χ4v) is 9.20. The number of carbonyl (C=O) groups excluding carboxylic acids is 5. The number of aromatic hydroxyl groups is 1. The number of hydrogen-bond acceptors (Lipinski definition) is 7. The Labute approximate surface area is 288 Å². The Bertz CT molecular complexity index is 1900. The maximum atomic E-state index is 14.3. The fourth-order valence-electron chi connectivity index (χ4n) is 7.77. The Morgan fingerprint density at radius 1 is 0.936 bits per heavy atom. The van der Waals surface area contributed by atoms with Gasteiger partial charge in [-0.15, -0.1) is 23.2 Å². The van der Waals surface area contributed by atoms with Gasteiger partial charge in [-0.25, -0.2) is 0 Å². The van der Waals surface area contributed by atoms with Gasteiger partial charge in [0, 0.05) is 17.0 Å². The second-order valence-corrected chi connectivity index (χ2v) is 13.9. The Morgan fingerprint density at radius 2 is 1.62 bits per heavy atom. The van der Waals surface area contributed by atoms with Gasteiger partial charge in [0.15, 0.2) is 27.0 Å². The molecule has 1 saturated carbocycles. The summed E-state index contributed by atoms with van der Waals surface area (Å²) in [5, 5.41) is 10.3. The number of halogens is 3. The highest BCUT2D eigenvalue weighted by Gasteiger charge is 2.76. The van der Waals surface area contributed by atoms with Crippen LogP contribution in [0.1, 0.15) is 40.2 Å². The van der Waals surface area contributed by atoms with Crippen LogP contribution in [-0.4, -0.2) is 61.7 Å². The molecule has 2 aliphatic carbocycles. The summed E-state index contributed by atoms with van der Waals surface area (Å²) in [5.41, 5.74) is 2.18. The van der Waals surface area contributed by atoms with Crippen LogP contribution in [0.5, 0.6) is 11.5 Å². The fraction of sp³-hybridized carbons (Fsp3) is 0.286. The van der Waals surface area contributed by atoms with Gasteiger partial charge in [0.1, 0.15) is 0 Å². The van der Waals surface area contributed by atoms with Crippen molar-refractivity contribution in [1.29, 1.82) is 0 Å². The topological polar surface area (TPSA) is 121 Å². The number of rotatable bonds is 6. The van der Waals surface area contributed by atoms with Crippen LogP contribution < -0.4 is 9.64 Å². The zero-order valence-corrected chi connectivity index (χ0v) is 28.0. The van der Waals surface area contributed by atoms with Crippen LogP contribution >= 0.6 is 39.1 Å². The van der Waals surface area contributed by atoms with Crippen molar-refractivity contribution >= 4 is 74.2 Å². The van der Waals surface area contributed by atoms with Crippen molar-refractivity contribution in [1.82, 2.24) is 4.90 Å². The molecule has 2 aliphatic heterocycles. The molecular weight excluding hydrogens is 711 g/mol. The molecule has 12 heteroatoms. The maximum Gasteiger partial charge on any atom is 0.254 e. The third-order valence-corrected chi connectivity index (χ3v) is 11.9. The summed E-state index contributed by atoms with van der Waals surface area (Å²) in [6.07, 6.45) is 1.88. The molecule has 0 spiro atoms. The Hall–Kier alpha value is -3.99. The van der Waals surface area contributed by atoms with Crippen LogP contribution in [0.2, 0.25) is 0 Å². The molecule has 240 valence electrons. The van der Waals surface area contributed by atoms with E-state index in [-0.39, 0.29) is 35.6 Å². The number of anilines is 1. The van der Waals surface area contributed by atoms with Crippen LogP contribution in [0.3, 0.4) is 0 Å². The monoisotopic (exact) mass is 736 g/mol. The molecule has 3 aromatic rings. The van der Waals surface area contributed by atoms with E-state index in [1.807, 2.05) is 12.1 Å². The normalized spacial score (nSPS) is 29.7. The SMILES string of the molecule is COc1cc([C@H]2C3=CC[C@@H]4C(=O)N(c5ccc(C(=O)c6ccccc6)cc5)C(=O)[C@@H]4[C@@H]3C[C@@]3(Cl)C(=O)N(CBr)C(=O)[C@@]23Cl)ccc1O. The molecule has 0 bridgehead atoms. The van der Waals surface area contributed by atoms with Crippen LogP contribution in [0.15, 0.2) is 84.4 Å². The first kappa shape index (κ1) is 31.6. The predicted octanol–water partition coefficient (Wildman–Crippen LogP) is 5.55. The first-order valence-corrected chi connectivity index (χ1v) is 16.8. The lowest BCUT2D eigenvalue weighted by Gasteiger charge is -2.50. The summed E-state index contributed by atoms with van der Waals surface area (Å²) in [6.45, 7) is 0. The van der Waals surface area contributed by atoms with Crippen LogP contribution in [0, 0.1) is 17.8 Å². The lowest BCUT2D eigenvalue weighted by Crippen LogP contribution is -2.60. The van der Waals surface area contributed by atoms with Gasteiger partial charge in [0.05, 0.1) is 30.1 Å². The highest BCUT2D eigenvalue weighted by atomic mass is 79.9. The average molecular weight is 738 g/mol. The smallest absolute Gasteiger partial charge is 0.254 e. The van der Waals surface area contributed by atoms with Gasteiger partial charge in [0.25, 0.3) is 11.8 Å². The summed E-state index contributed by atoms with van der Waals surface area (Å²) in [5.74, 6) is -5.77. The lowest BCUT2D eigenvalue weighted by molar-refractivity contribution is -0.138. The number of allylic oxidation sites excluding steroid dienone is 2. The summed E-state index contributed by atoms with van der Waals surface area (Å²) in [4.78, 5) is 67.1. The van der Waals surface area contributed by atoms with Crippen LogP contribution in [0.25, 0.3) is 0 Å². The number of fused-ring (bicyclic) bond motifs is 4. The number of alkyl halides is 3. The zero-order valence-electron chi connectivity index (χ0n) is 24.9. The predicted molar refractivity (Wildman–Crippen MR) is 177 cm³/mol. The van der Waals surface area contributed by atoms with Crippen molar-refractivity contribution in [2.24, 2.45) is 17.8 Å². The van der Waals surface area contributed by atoms with Crippen LogP contribution in [0.4, 0.5) is 5.69 Å². The summed E-state index contributed by atoms with van der Waals surface area (Å²) >= 11 is 17.7. The summed E-state index contributed by atoms with van der Waals surface area (Å²) < 4.78 is 5.34. The number of hydrogen-bond donors (Lipinski definition) is 1. The van der Waals surface area contributed by atoms with Crippen molar-refractivity contribution in [2.75, 3.05) is 17.5 Å². The molecule has 2 heterocycles. The largest absolute Gasteiger partial charge is 0.504 e. The number of carbonyl (C=O) groups is 5. The van der Waals surface area contributed by atoms with E-state index in [1.54, 1.807) is 54.6 Å². The molecule has 47 heavy (non-hydrogen) atoms. The van der Waals surface area contributed by atoms with Crippen molar-refractivity contribution in [3.8, 4) is 11.5 Å². The van der Waals surface area contributed by atoms with E-state index >= 15 is 0 Å². The molecule has 0 radical (unpaired) electrons. The molecule has 2 saturated heterocycles. The highest BCUT2D eigenvalue weighted by Crippen LogP contribution is 2.65. The third-order valence-electron chi connectivity index (χ3n) is 9.98. The number of ketones is 1. The molecule has 4 aliphatic rings. The third kappa shape index (κ3) is 4.37. The highest BCUT2D eigenvalue weighted by molar-refractivity contribution is 9.09. The van der Waals surface area contributed by atoms with E-state index in [4.69, 9.17) is 27.9 Å². The number of nitrogens with zero attached hydrogens (tertiary/aromatic N) is 2. The molecular formula is C35H27BrCl2N2O7. The van der Waals surface area contributed by atoms with E-state index in [1.165, 1.54) is 19.2 Å². The molecule has 1 N–H and O–H groups in total. The first-order valence-electron chi connectivity index (χ1n) is 14.9. The average Bonchev–Trinajstić information content (AvgIpc) is 3.42. The second-order valence-electron chi connectivity index (χ2n) is 12.2. The van der Waals surface area contributed by atoms with Crippen molar-refractivity contribution < 1.29 is 33.8 Å². The minimum absolute atomic E-state index is 0.126. The Morgan fingerprint density at radius 3 is 2.28 bits per heavy atom. The van der Waals surface area contributed by atoms with Gasteiger partial charge in [-0.2, -0.15) is 0 Å². The Kier molecular flexibility index (Phi) is 7.61. The number of likely N-dealkylation sites (tertiary alicyclic amines) is 1. The second kappa shape index (κ2) is 11.3. The Balaban J connectivity index is 1.29. The van der Waals surface area contributed by atoms with Gasteiger partial charge >= 0.3 is 0 Å². The standard InChI is InChI=1S/C35H27BrCl2N2O7/c1-47-26-15-20(9-14-25(26)41)28-22-12-13-23-27(24(22)16-34(37)32(45)39(17-36)33(46)35(28,34)38)31(44)40(30(23)43)21-10-7-19(8-11-21)29(42)18-5-3-2-4-6-18/h2-12,14-15,23-24,27-28,41H,13,16-17H2,1H3/t23-,24+,27-,28-,34+,35-/m0/s1. The molecule has 6 atom stereocenters. The number of phenolic OH excluding ortho intramolecular Hbond substituents is 1. The van der Waals surface area contributed by atoms with Crippen LogP contribution in [-0.2, 0) is 19.2 Å². The number of amides is 4. The van der Waals surface area contributed by atoms with E-state index < -0.39 is 57.0 Å².